The lowest BCUT2D eigenvalue weighted by Gasteiger charge is -2.17. The Morgan fingerprint density at radius 1 is 1.36 bits per heavy atom. The van der Waals surface area contributed by atoms with Gasteiger partial charge in [-0.05, 0) is 13.8 Å². The minimum atomic E-state index is -0.706. The molecule has 8 nitrogen and oxygen atoms in total. The molecule has 0 fully saturated rings. The van der Waals surface area contributed by atoms with Gasteiger partial charge in [0.15, 0.2) is 0 Å². The fraction of sp³-hybridized carbons (Fsp3) is 0.667. The molecule has 0 aromatic rings. The van der Waals surface area contributed by atoms with E-state index < -0.39 is 6.03 Å². The lowest BCUT2D eigenvalue weighted by Crippen LogP contribution is -2.39. The maximum atomic E-state index is 11.2. The highest BCUT2D eigenvalue weighted by Gasteiger charge is 2.13. The SMILES string of the molecule is CCON(OCC)C(=O)NN=C(N)N. The first-order valence-electron chi connectivity index (χ1n) is 4.06. The van der Waals surface area contributed by atoms with E-state index in [1.54, 1.807) is 13.8 Å². The molecule has 0 aliphatic carbocycles. The highest BCUT2D eigenvalue weighted by molar-refractivity contribution is 5.78. The Bertz CT molecular complexity index is 198. The molecule has 5 N–H and O–H groups in total. The summed E-state index contributed by atoms with van der Waals surface area (Å²) >= 11 is 0. The van der Waals surface area contributed by atoms with Crippen LogP contribution >= 0.6 is 0 Å². The van der Waals surface area contributed by atoms with E-state index in [0.717, 1.165) is 0 Å². The number of amides is 2. The zero-order valence-corrected chi connectivity index (χ0v) is 8.19. The van der Waals surface area contributed by atoms with Crippen LogP contribution in [0.15, 0.2) is 5.10 Å². The monoisotopic (exact) mass is 205 g/mol. The van der Waals surface area contributed by atoms with Crippen molar-refractivity contribution < 1.29 is 14.5 Å². The predicted octanol–water partition coefficient (Wildman–Crippen LogP) is -0.911. The van der Waals surface area contributed by atoms with Crippen LogP contribution in [0.4, 0.5) is 4.79 Å². The second-order valence-corrected chi connectivity index (χ2v) is 2.05. The van der Waals surface area contributed by atoms with E-state index in [-0.39, 0.29) is 19.2 Å². The van der Waals surface area contributed by atoms with Gasteiger partial charge in [0.05, 0.1) is 13.2 Å². The minimum Gasteiger partial charge on any atom is -0.369 e. The van der Waals surface area contributed by atoms with E-state index in [0.29, 0.717) is 5.23 Å². The third-order valence-electron chi connectivity index (χ3n) is 0.939. The molecule has 0 aromatic heterocycles. The number of urea groups is 1. The molecule has 0 rings (SSSR count). The fourth-order valence-electron chi connectivity index (χ4n) is 0.542. The second-order valence-electron chi connectivity index (χ2n) is 2.05. The van der Waals surface area contributed by atoms with Gasteiger partial charge < -0.3 is 11.5 Å². The van der Waals surface area contributed by atoms with Crippen LogP contribution < -0.4 is 16.9 Å². The summed E-state index contributed by atoms with van der Waals surface area (Å²) < 4.78 is 0. The number of hydrogen-bond donors (Lipinski definition) is 3. The Morgan fingerprint density at radius 3 is 2.21 bits per heavy atom. The third-order valence-corrected chi connectivity index (χ3v) is 0.939. The molecule has 0 aromatic carbocycles. The lowest BCUT2D eigenvalue weighted by molar-refractivity contribution is -0.322. The molecule has 0 saturated carbocycles. The van der Waals surface area contributed by atoms with Crippen LogP contribution in [0.3, 0.4) is 0 Å². The first-order chi connectivity index (χ1) is 6.61. The topological polar surface area (TPSA) is 115 Å². The average Bonchev–Trinajstić information content (AvgIpc) is 2.14. The minimum absolute atomic E-state index is 0.258. The molecule has 8 heteroatoms. The number of rotatable bonds is 5. The molecule has 0 atom stereocenters. The molecule has 0 unspecified atom stereocenters. The van der Waals surface area contributed by atoms with Gasteiger partial charge in [-0.2, -0.15) is 0 Å². The van der Waals surface area contributed by atoms with Crippen molar-refractivity contribution in [3.8, 4) is 0 Å². The summed E-state index contributed by atoms with van der Waals surface area (Å²) in [4.78, 5) is 20.8. The Labute approximate surface area is 81.7 Å². The molecule has 14 heavy (non-hydrogen) atoms. The van der Waals surface area contributed by atoms with E-state index in [1.807, 2.05) is 5.43 Å². The van der Waals surface area contributed by atoms with Crippen LogP contribution in [0, 0.1) is 0 Å². The number of nitrogens with zero attached hydrogens (tertiary/aromatic N) is 2. The van der Waals surface area contributed by atoms with Crippen molar-refractivity contribution in [3.63, 3.8) is 0 Å². The highest BCUT2D eigenvalue weighted by Crippen LogP contribution is 1.93. The summed E-state index contributed by atoms with van der Waals surface area (Å²) in [6, 6.07) is -0.706. The van der Waals surface area contributed by atoms with Crippen molar-refractivity contribution in [1.82, 2.24) is 10.7 Å². The summed E-state index contributed by atoms with van der Waals surface area (Å²) in [5.74, 6) is -0.258. The van der Waals surface area contributed by atoms with Gasteiger partial charge in [-0.1, -0.05) is 5.23 Å². The Hall–Kier alpha value is -1.54. The van der Waals surface area contributed by atoms with Gasteiger partial charge in [0.25, 0.3) is 0 Å². The Kier molecular flexibility index (Phi) is 6.16. The van der Waals surface area contributed by atoms with Gasteiger partial charge in [0.1, 0.15) is 0 Å². The summed E-state index contributed by atoms with van der Waals surface area (Å²) in [6.45, 7) is 3.99. The predicted molar refractivity (Wildman–Crippen MR) is 49.4 cm³/mol. The summed E-state index contributed by atoms with van der Waals surface area (Å²) in [7, 11) is 0. The van der Waals surface area contributed by atoms with Crippen LogP contribution in [0.25, 0.3) is 0 Å². The summed E-state index contributed by atoms with van der Waals surface area (Å²) in [5, 5.41) is 3.95. The molecule has 82 valence electrons. The zero-order valence-electron chi connectivity index (χ0n) is 8.19. The fourth-order valence-corrected chi connectivity index (χ4v) is 0.542. The first-order valence-corrected chi connectivity index (χ1v) is 4.06. The van der Waals surface area contributed by atoms with Crippen molar-refractivity contribution in [1.29, 1.82) is 0 Å². The number of carbonyl (C=O) groups is 1. The van der Waals surface area contributed by atoms with Gasteiger partial charge in [-0.3, -0.25) is 0 Å². The van der Waals surface area contributed by atoms with Crippen LogP contribution in [0.2, 0.25) is 0 Å². The first kappa shape index (κ1) is 12.5. The summed E-state index contributed by atoms with van der Waals surface area (Å²) in [5.41, 5.74) is 12.0. The molecule has 0 radical (unpaired) electrons. The van der Waals surface area contributed by atoms with Crippen molar-refractivity contribution in [2.75, 3.05) is 13.2 Å². The van der Waals surface area contributed by atoms with Crippen molar-refractivity contribution >= 4 is 12.0 Å². The second kappa shape index (κ2) is 6.92. The molecule has 0 aliphatic heterocycles. The number of hydrogen-bond acceptors (Lipinski definition) is 4. The highest BCUT2D eigenvalue weighted by atomic mass is 17.0. The quantitative estimate of drug-likeness (QED) is 0.305. The number of carbonyl (C=O) groups excluding carboxylic acids is 1. The van der Waals surface area contributed by atoms with E-state index in [9.17, 15) is 4.79 Å². The third kappa shape index (κ3) is 5.17. The summed E-state index contributed by atoms with van der Waals surface area (Å²) in [6.07, 6.45) is 0. The van der Waals surface area contributed by atoms with Gasteiger partial charge in [0, 0.05) is 0 Å². The van der Waals surface area contributed by atoms with Gasteiger partial charge >= 0.3 is 6.03 Å². The molecule has 2 amide bonds. The maximum Gasteiger partial charge on any atom is 0.387 e. The lowest BCUT2D eigenvalue weighted by atomic mass is 10.9. The molecule has 0 aliphatic rings. The van der Waals surface area contributed by atoms with Crippen LogP contribution in [-0.4, -0.2) is 30.4 Å². The standard InChI is InChI=1S/C6H15N5O3/c1-3-13-11(14-4-2)6(12)10-9-5(7)8/h3-4H2,1-2H3,(H,10,12)(H4,7,8,9). The average molecular weight is 205 g/mol. The van der Waals surface area contributed by atoms with Gasteiger partial charge in [-0.15, -0.1) is 5.10 Å². The number of nitrogens with one attached hydrogen (secondary N) is 1. The number of hydroxylamine groups is 2. The number of guanidine groups is 1. The molecule has 0 heterocycles. The van der Waals surface area contributed by atoms with Gasteiger partial charge in [0.2, 0.25) is 5.96 Å². The maximum absolute atomic E-state index is 11.2. The van der Waals surface area contributed by atoms with Crippen molar-refractivity contribution in [2.45, 2.75) is 13.8 Å². The molecular weight excluding hydrogens is 190 g/mol. The van der Waals surface area contributed by atoms with Crippen LogP contribution in [0.5, 0.6) is 0 Å². The van der Waals surface area contributed by atoms with Crippen molar-refractivity contribution in [3.05, 3.63) is 0 Å². The largest absolute Gasteiger partial charge is 0.387 e. The van der Waals surface area contributed by atoms with E-state index in [1.165, 1.54) is 0 Å². The van der Waals surface area contributed by atoms with Gasteiger partial charge in [-0.25, -0.2) is 19.9 Å². The number of nitrogens with two attached hydrogens (primary N) is 2. The molecule has 0 saturated heterocycles. The molecule has 0 spiro atoms. The van der Waals surface area contributed by atoms with Crippen LogP contribution in [0.1, 0.15) is 13.8 Å². The van der Waals surface area contributed by atoms with Crippen molar-refractivity contribution in [2.24, 2.45) is 16.6 Å². The number of hydrazone groups is 1. The normalized spacial score (nSPS) is 9.29. The Balaban J connectivity index is 4.07. The van der Waals surface area contributed by atoms with E-state index in [2.05, 4.69) is 5.10 Å². The smallest absolute Gasteiger partial charge is 0.369 e. The molecule has 0 bridgehead atoms. The van der Waals surface area contributed by atoms with Crippen LogP contribution in [-0.2, 0) is 9.68 Å². The van der Waals surface area contributed by atoms with E-state index in [4.69, 9.17) is 21.1 Å². The van der Waals surface area contributed by atoms with E-state index >= 15 is 0 Å². The molecular formula is C6H15N5O3. The Morgan fingerprint density at radius 2 is 1.86 bits per heavy atom. The zero-order chi connectivity index (χ0) is 11.0.